The van der Waals surface area contributed by atoms with Gasteiger partial charge < -0.3 is 10.4 Å². The second-order valence-corrected chi connectivity index (χ2v) is 7.02. The summed E-state index contributed by atoms with van der Waals surface area (Å²) in [4.78, 5) is 50.3. The molecule has 0 unspecified atom stereocenters. The zero-order valence-electron chi connectivity index (χ0n) is 15.4. The van der Waals surface area contributed by atoms with Crippen molar-refractivity contribution in [1.82, 2.24) is 0 Å². The Morgan fingerprint density at radius 3 is 2.07 bits per heavy atom. The number of anilines is 2. The Bertz CT molecular complexity index is 1020. The summed E-state index contributed by atoms with van der Waals surface area (Å²) in [5, 5.41) is 11.8. The number of nitrogens with zero attached hydrogens (tertiary/aromatic N) is 1. The molecule has 7 nitrogen and oxygen atoms in total. The molecule has 7 heteroatoms. The molecule has 2 atom stereocenters. The van der Waals surface area contributed by atoms with Crippen LogP contribution in [0.1, 0.15) is 33.6 Å². The fraction of sp³-hybridized carbons (Fsp3) is 0.182. The molecule has 146 valence electrons. The van der Waals surface area contributed by atoms with Crippen molar-refractivity contribution in [3.8, 4) is 0 Å². The predicted octanol–water partition coefficient (Wildman–Crippen LogP) is 3.09. The lowest BCUT2D eigenvalue weighted by Crippen LogP contribution is -2.30. The van der Waals surface area contributed by atoms with E-state index in [9.17, 15) is 24.3 Å². The number of amides is 3. The molecule has 1 saturated heterocycles. The first kappa shape index (κ1) is 18.6. The van der Waals surface area contributed by atoms with Crippen molar-refractivity contribution >= 4 is 35.1 Å². The van der Waals surface area contributed by atoms with Crippen LogP contribution in [0.25, 0.3) is 0 Å². The molecule has 2 aromatic carbocycles. The number of para-hydroxylation sites is 1. The van der Waals surface area contributed by atoms with Gasteiger partial charge in [-0.3, -0.25) is 19.3 Å². The number of benzene rings is 2. The van der Waals surface area contributed by atoms with Gasteiger partial charge in [0.2, 0.25) is 11.8 Å². The van der Waals surface area contributed by atoms with Crippen molar-refractivity contribution in [2.75, 3.05) is 10.2 Å². The summed E-state index contributed by atoms with van der Waals surface area (Å²) in [6, 6.07) is 12.2. The van der Waals surface area contributed by atoms with E-state index >= 15 is 0 Å². The summed E-state index contributed by atoms with van der Waals surface area (Å²) in [6.45, 7) is 0. The van der Waals surface area contributed by atoms with Crippen molar-refractivity contribution < 1.29 is 24.3 Å². The maximum atomic E-state index is 12.6. The van der Waals surface area contributed by atoms with Gasteiger partial charge in [0.15, 0.2) is 0 Å². The third kappa shape index (κ3) is 3.31. The van der Waals surface area contributed by atoms with Crippen molar-refractivity contribution in [1.29, 1.82) is 0 Å². The molecule has 0 saturated carbocycles. The van der Waals surface area contributed by atoms with Crippen LogP contribution in [-0.4, -0.2) is 28.8 Å². The van der Waals surface area contributed by atoms with Crippen LogP contribution < -0.4 is 10.2 Å². The highest BCUT2D eigenvalue weighted by Crippen LogP contribution is 2.37. The lowest BCUT2D eigenvalue weighted by molar-refractivity contribution is -0.122. The molecule has 3 amide bonds. The largest absolute Gasteiger partial charge is 0.478 e. The summed E-state index contributed by atoms with van der Waals surface area (Å²) < 4.78 is 0. The zero-order valence-corrected chi connectivity index (χ0v) is 15.4. The molecule has 1 aliphatic carbocycles. The Morgan fingerprint density at radius 1 is 0.897 bits per heavy atom. The quantitative estimate of drug-likeness (QED) is 0.617. The molecule has 4 rings (SSSR count). The molecule has 2 aliphatic rings. The molecule has 0 aromatic heterocycles. The monoisotopic (exact) mass is 390 g/mol. The fourth-order valence-corrected chi connectivity index (χ4v) is 3.79. The smallest absolute Gasteiger partial charge is 0.337 e. The number of carbonyl (C=O) groups is 4. The number of hydrogen-bond acceptors (Lipinski definition) is 4. The number of carboxylic acid groups (broad SMARTS) is 1. The van der Waals surface area contributed by atoms with Crippen molar-refractivity contribution in [3.63, 3.8) is 0 Å². The van der Waals surface area contributed by atoms with Crippen LogP contribution in [0.4, 0.5) is 11.4 Å². The van der Waals surface area contributed by atoms with Gasteiger partial charge in [0.05, 0.1) is 28.8 Å². The van der Waals surface area contributed by atoms with Gasteiger partial charge in [0, 0.05) is 5.56 Å². The molecule has 2 N–H and O–H groups in total. The van der Waals surface area contributed by atoms with Gasteiger partial charge in [-0.2, -0.15) is 0 Å². The van der Waals surface area contributed by atoms with Gasteiger partial charge in [-0.05, 0) is 49.2 Å². The third-order valence-electron chi connectivity index (χ3n) is 5.30. The van der Waals surface area contributed by atoms with Gasteiger partial charge in [0.1, 0.15) is 0 Å². The number of imide groups is 1. The number of allylic oxidation sites excluding steroid dienone is 2. The third-order valence-corrected chi connectivity index (χ3v) is 5.30. The van der Waals surface area contributed by atoms with E-state index in [1.165, 1.54) is 29.2 Å². The molecule has 1 aliphatic heterocycles. The van der Waals surface area contributed by atoms with Crippen molar-refractivity contribution in [2.24, 2.45) is 11.8 Å². The number of nitrogens with one attached hydrogen (secondary N) is 1. The first-order valence-electron chi connectivity index (χ1n) is 9.24. The normalized spacial score (nSPS) is 20.5. The standard InChI is InChI=1S/C22H18N2O5/c25-19(23-18-8-4-3-7-17(18)22(28)29)13-9-11-14(12-10-13)24-20(26)15-5-1-2-6-16(15)21(24)27/h1-4,7-12,15-16H,5-6H2,(H,23,25)(H,28,29)/t15-,16-/m1/s1. The van der Waals surface area contributed by atoms with Crippen LogP contribution in [0.2, 0.25) is 0 Å². The summed E-state index contributed by atoms with van der Waals surface area (Å²) in [5.41, 5.74) is 0.890. The van der Waals surface area contributed by atoms with Gasteiger partial charge in [-0.1, -0.05) is 24.3 Å². The van der Waals surface area contributed by atoms with E-state index in [1.807, 2.05) is 12.2 Å². The maximum absolute atomic E-state index is 12.6. The summed E-state index contributed by atoms with van der Waals surface area (Å²) in [5.74, 6) is -2.68. The second kappa shape index (κ2) is 7.35. The van der Waals surface area contributed by atoms with E-state index in [1.54, 1.807) is 24.3 Å². The molecular formula is C22H18N2O5. The van der Waals surface area contributed by atoms with Crippen LogP contribution in [0.5, 0.6) is 0 Å². The topological polar surface area (TPSA) is 104 Å². The van der Waals surface area contributed by atoms with E-state index in [0.29, 0.717) is 18.5 Å². The maximum Gasteiger partial charge on any atom is 0.337 e. The van der Waals surface area contributed by atoms with E-state index in [0.717, 1.165) is 0 Å². The minimum Gasteiger partial charge on any atom is -0.478 e. The average Bonchev–Trinajstić information content (AvgIpc) is 2.99. The first-order valence-corrected chi connectivity index (χ1v) is 9.24. The SMILES string of the molecule is O=C(Nc1ccccc1C(=O)O)c1ccc(N2C(=O)[C@@H]3CC=CC[C@H]3C2=O)cc1. The molecule has 29 heavy (non-hydrogen) atoms. The van der Waals surface area contributed by atoms with Crippen LogP contribution in [0, 0.1) is 11.8 Å². The van der Waals surface area contributed by atoms with E-state index in [2.05, 4.69) is 5.32 Å². The number of hydrogen-bond donors (Lipinski definition) is 2. The fourth-order valence-electron chi connectivity index (χ4n) is 3.79. The lowest BCUT2D eigenvalue weighted by atomic mass is 9.85. The Balaban J connectivity index is 1.53. The van der Waals surface area contributed by atoms with Crippen molar-refractivity contribution in [3.05, 3.63) is 71.8 Å². The minimum atomic E-state index is -1.14. The highest BCUT2D eigenvalue weighted by molar-refractivity contribution is 6.22. The number of carbonyl (C=O) groups excluding carboxylic acids is 3. The van der Waals surface area contributed by atoms with Crippen LogP contribution in [-0.2, 0) is 9.59 Å². The van der Waals surface area contributed by atoms with Crippen molar-refractivity contribution in [2.45, 2.75) is 12.8 Å². The molecule has 0 radical (unpaired) electrons. The van der Waals surface area contributed by atoms with E-state index in [4.69, 9.17) is 0 Å². The molecule has 2 aromatic rings. The molecule has 1 heterocycles. The number of aromatic carboxylic acids is 1. The Labute approximate surface area is 166 Å². The lowest BCUT2D eigenvalue weighted by Gasteiger charge is -2.15. The highest BCUT2D eigenvalue weighted by Gasteiger charge is 2.47. The molecule has 0 bridgehead atoms. The van der Waals surface area contributed by atoms with Gasteiger partial charge >= 0.3 is 5.97 Å². The Kier molecular flexibility index (Phi) is 4.72. The van der Waals surface area contributed by atoms with Crippen LogP contribution in [0.3, 0.4) is 0 Å². The van der Waals surface area contributed by atoms with Gasteiger partial charge in [-0.25, -0.2) is 4.79 Å². The molecule has 1 fully saturated rings. The number of fused-ring (bicyclic) bond motifs is 1. The Hall–Kier alpha value is -3.74. The second-order valence-electron chi connectivity index (χ2n) is 7.02. The van der Waals surface area contributed by atoms with Crippen LogP contribution >= 0.6 is 0 Å². The summed E-state index contributed by atoms with van der Waals surface area (Å²) in [7, 11) is 0. The van der Waals surface area contributed by atoms with Gasteiger partial charge in [0.25, 0.3) is 5.91 Å². The minimum absolute atomic E-state index is 0.0121. The first-order chi connectivity index (χ1) is 14.0. The van der Waals surface area contributed by atoms with E-state index in [-0.39, 0.29) is 40.5 Å². The predicted molar refractivity (Wildman–Crippen MR) is 106 cm³/mol. The van der Waals surface area contributed by atoms with Gasteiger partial charge in [-0.15, -0.1) is 0 Å². The van der Waals surface area contributed by atoms with Crippen LogP contribution in [0.15, 0.2) is 60.7 Å². The molecule has 0 spiro atoms. The summed E-state index contributed by atoms with van der Waals surface area (Å²) >= 11 is 0. The zero-order chi connectivity index (χ0) is 20.5. The summed E-state index contributed by atoms with van der Waals surface area (Å²) in [6.07, 6.45) is 4.99. The Morgan fingerprint density at radius 2 is 1.48 bits per heavy atom. The average molecular weight is 390 g/mol. The molecular weight excluding hydrogens is 372 g/mol. The number of carboxylic acids is 1. The number of rotatable bonds is 4. The van der Waals surface area contributed by atoms with E-state index < -0.39 is 11.9 Å². The highest BCUT2D eigenvalue weighted by atomic mass is 16.4.